The minimum Gasteiger partial charge on any atom is -0.481 e. The van der Waals surface area contributed by atoms with Gasteiger partial charge in [-0.15, -0.1) is 0 Å². The third kappa shape index (κ3) is 3.60. The third-order valence-corrected chi connectivity index (χ3v) is 1.96. The van der Waals surface area contributed by atoms with Crippen LogP contribution in [0.1, 0.15) is 6.42 Å². The summed E-state index contributed by atoms with van der Waals surface area (Å²) in [6.07, 6.45) is 3.10. The van der Waals surface area contributed by atoms with Crippen LogP contribution in [0, 0.1) is 0 Å². The van der Waals surface area contributed by atoms with Gasteiger partial charge >= 0.3 is 12.0 Å². The number of carboxylic acid groups (broad SMARTS) is 1. The molecule has 0 saturated heterocycles. The Bertz CT molecular complexity index is 388. The molecule has 0 fully saturated rings. The Morgan fingerprint density at radius 2 is 2.31 bits per heavy atom. The lowest BCUT2D eigenvalue weighted by molar-refractivity contribution is -0.137. The van der Waals surface area contributed by atoms with Gasteiger partial charge in [0.25, 0.3) is 0 Å². The van der Waals surface area contributed by atoms with Crippen molar-refractivity contribution < 1.29 is 14.7 Å². The van der Waals surface area contributed by atoms with Crippen molar-refractivity contribution >= 4 is 17.7 Å². The molecule has 7 nitrogen and oxygen atoms in total. The Kier molecular flexibility index (Phi) is 3.87. The average Bonchev–Trinajstić information content (AvgIpc) is 2.60. The van der Waals surface area contributed by atoms with E-state index in [1.54, 1.807) is 17.9 Å². The number of carbonyl (C=O) groups is 2. The number of nitrogens with one attached hydrogen (secondary N) is 1. The molecule has 1 aromatic heterocycles. The first kappa shape index (κ1) is 12.0. The van der Waals surface area contributed by atoms with E-state index in [9.17, 15) is 9.59 Å². The van der Waals surface area contributed by atoms with Gasteiger partial charge in [-0.3, -0.25) is 9.48 Å². The molecule has 0 saturated carbocycles. The molecule has 88 valence electrons. The van der Waals surface area contributed by atoms with Gasteiger partial charge in [0.15, 0.2) is 0 Å². The molecule has 0 atom stereocenters. The summed E-state index contributed by atoms with van der Waals surface area (Å²) in [5, 5.41) is 15.0. The minimum absolute atomic E-state index is 0.0725. The summed E-state index contributed by atoms with van der Waals surface area (Å²) < 4.78 is 1.56. The number of aliphatic carboxylic acids is 1. The van der Waals surface area contributed by atoms with Crippen molar-refractivity contribution in [3.8, 4) is 0 Å². The molecule has 16 heavy (non-hydrogen) atoms. The normalized spacial score (nSPS) is 9.88. The van der Waals surface area contributed by atoms with Gasteiger partial charge in [0.1, 0.15) is 0 Å². The van der Waals surface area contributed by atoms with Gasteiger partial charge in [0, 0.05) is 26.8 Å². The van der Waals surface area contributed by atoms with Gasteiger partial charge < -0.3 is 15.3 Å². The van der Waals surface area contributed by atoms with Crippen molar-refractivity contribution in [1.82, 2.24) is 14.7 Å². The van der Waals surface area contributed by atoms with Crippen molar-refractivity contribution in [2.75, 3.05) is 18.9 Å². The van der Waals surface area contributed by atoms with Crippen LogP contribution in [-0.4, -0.2) is 45.4 Å². The van der Waals surface area contributed by atoms with Crippen LogP contribution < -0.4 is 5.32 Å². The summed E-state index contributed by atoms with van der Waals surface area (Å²) in [4.78, 5) is 23.1. The van der Waals surface area contributed by atoms with Crippen LogP contribution in [0.15, 0.2) is 12.4 Å². The lowest BCUT2D eigenvalue weighted by Crippen LogP contribution is -2.32. The molecule has 1 aromatic rings. The summed E-state index contributed by atoms with van der Waals surface area (Å²) in [6, 6.07) is -0.353. The second-order valence-corrected chi connectivity index (χ2v) is 3.40. The van der Waals surface area contributed by atoms with Crippen LogP contribution in [0.5, 0.6) is 0 Å². The van der Waals surface area contributed by atoms with Crippen LogP contribution in [0.3, 0.4) is 0 Å². The van der Waals surface area contributed by atoms with E-state index in [0.717, 1.165) is 0 Å². The molecular weight excluding hydrogens is 212 g/mol. The predicted octanol–water partition coefficient (Wildman–Crippen LogP) is 0.358. The monoisotopic (exact) mass is 226 g/mol. The van der Waals surface area contributed by atoms with E-state index in [1.165, 1.54) is 18.1 Å². The van der Waals surface area contributed by atoms with Crippen molar-refractivity contribution in [3.05, 3.63) is 12.4 Å². The number of rotatable bonds is 4. The number of carbonyl (C=O) groups excluding carboxylic acids is 1. The lowest BCUT2D eigenvalue weighted by Gasteiger charge is -2.15. The summed E-state index contributed by atoms with van der Waals surface area (Å²) in [7, 11) is 3.28. The maximum Gasteiger partial charge on any atom is 0.321 e. The first-order valence-corrected chi connectivity index (χ1v) is 4.71. The first-order valence-electron chi connectivity index (χ1n) is 4.71. The highest BCUT2D eigenvalue weighted by Gasteiger charge is 2.10. The second-order valence-electron chi connectivity index (χ2n) is 3.40. The molecule has 0 aliphatic carbocycles. The lowest BCUT2D eigenvalue weighted by atomic mass is 10.4. The molecule has 1 heterocycles. The van der Waals surface area contributed by atoms with Crippen LogP contribution in [0.2, 0.25) is 0 Å². The number of aryl methyl sites for hydroxylation is 1. The highest BCUT2D eigenvalue weighted by molar-refractivity contribution is 5.89. The standard InChI is InChI=1S/C9H14N4O3/c1-12(4-3-8(14)15)9(16)11-7-5-10-13(2)6-7/h5-6H,3-4H2,1-2H3,(H,11,16)(H,14,15). The molecule has 0 bridgehead atoms. The van der Waals surface area contributed by atoms with Crippen LogP contribution in [-0.2, 0) is 11.8 Å². The van der Waals surface area contributed by atoms with Crippen LogP contribution in [0.4, 0.5) is 10.5 Å². The smallest absolute Gasteiger partial charge is 0.321 e. The summed E-state index contributed by atoms with van der Waals surface area (Å²) in [6.45, 7) is 0.168. The first-order chi connectivity index (χ1) is 7.49. The molecule has 0 aromatic carbocycles. The number of anilines is 1. The fourth-order valence-electron chi connectivity index (χ4n) is 1.07. The third-order valence-electron chi connectivity index (χ3n) is 1.96. The molecule has 0 unspecified atom stereocenters. The molecule has 2 N–H and O–H groups in total. The minimum atomic E-state index is -0.930. The van der Waals surface area contributed by atoms with Crippen molar-refractivity contribution in [3.63, 3.8) is 0 Å². The van der Waals surface area contributed by atoms with Gasteiger partial charge in [-0.2, -0.15) is 5.10 Å². The van der Waals surface area contributed by atoms with Crippen molar-refractivity contribution in [2.45, 2.75) is 6.42 Å². The summed E-state index contributed by atoms with van der Waals surface area (Å²) in [5.41, 5.74) is 0.578. The molecule has 7 heteroatoms. The fourth-order valence-corrected chi connectivity index (χ4v) is 1.07. The highest BCUT2D eigenvalue weighted by Crippen LogP contribution is 2.04. The van der Waals surface area contributed by atoms with Crippen molar-refractivity contribution in [2.24, 2.45) is 7.05 Å². The molecule has 0 spiro atoms. The van der Waals surface area contributed by atoms with Crippen molar-refractivity contribution in [1.29, 1.82) is 0 Å². The number of nitrogens with zero attached hydrogens (tertiary/aromatic N) is 3. The van der Waals surface area contributed by atoms with E-state index >= 15 is 0 Å². The summed E-state index contributed by atoms with van der Waals surface area (Å²) >= 11 is 0. The highest BCUT2D eigenvalue weighted by atomic mass is 16.4. The van der Waals surface area contributed by atoms with E-state index in [-0.39, 0.29) is 19.0 Å². The van der Waals surface area contributed by atoms with Gasteiger partial charge in [0.2, 0.25) is 0 Å². The van der Waals surface area contributed by atoms with Gasteiger partial charge in [-0.05, 0) is 0 Å². The summed E-state index contributed by atoms with van der Waals surface area (Å²) in [5.74, 6) is -0.930. The van der Waals surface area contributed by atoms with Crippen LogP contribution in [0.25, 0.3) is 0 Å². The number of aromatic nitrogens is 2. The van der Waals surface area contributed by atoms with Gasteiger partial charge in [-0.25, -0.2) is 4.79 Å². The van der Waals surface area contributed by atoms with E-state index in [1.807, 2.05) is 0 Å². The number of hydrogen-bond donors (Lipinski definition) is 2. The molecule has 0 aliphatic heterocycles. The SMILES string of the molecule is CN(CCC(=O)O)C(=O)Nc1cnn(C)c1. The second kappa shape index (κ2) is 5.15. The van der Waals surface area contributed by atoms with E-state index in [4.69, 9.17) is 5.11 Å². The molecular formula is C9H14N4O3. The molecule has 0 aliphatic rings. The Morgan fingerprint density at radius 1 is 1.62 bits per heavy atom. The van der Waals surface area contributed by atoms with E-state index in [0.29, 0.717) is 5.69 Å². The van der Waals surface area contributed by atoms with Gasteiger partial charge in [0.05, 0.1) is 18.3 Å². The van der Waals surface area contributed by atoms with E-state index < -0.39 is 5.97 Å². The quantitative estimate of drug-likeness (QED) is 0.775. The van der Waals surface area contributed by atoms with E-state index in [2.05, 4.69) is 10.4 Å². The largest absolute Gasteiger partial charge is 0.481 e. The number of carboxylic acids is 1. The van der Waals surface area contributed by atoms with Gasteiger partial charge in [-0.1, -0.05) is 0 Å². The maximum absolute atomic E-state index is 11.5. The number of urea groups is 1. The predicted molar refractivity (Wildman–Crippen MR) is 57.1 cm³/mol. The Labute approximate surface area is 92.7 Å². The number of amides is 2. The average molecular weight is 226 g/mol. The Hall–Kier alpha value is -2.05. The Balaban J connectivity index is 2.42. The maximum atomic E-state index is 11.5. The van der Waals surface area contributed by atoms with Crippen LogP contribution >= 0.6 is 0 Å². The molecule has 2 amide bonds. The number of hydrogen-bond acceptors (Lipinski definition) is 3. The molecule has 1 rings (SSSR count). The zero-order chi connectivity index (χ0) is 12.1. The topological polar surface area (TPSA) is 87.5 Å². The Morgan fingerprint density at radius 3 is 2.81 bits per heavy atom. The molecule has 0 radical (unpaired) electrons. The fraction of sp³-hybridized carbons (Fsp3) is 0.444. The zero-order valence-electron chi connectivity index (χ0n) is 9.17. The zero-order valence-corrected chi connectivity index (χ0v) is 9.17.